The Labute approximate surface area is 59.5 Å². The quantitative estimate of drug-likeness (QED) is 0.335. The molecule has 0 fully saturated rings. The molecular formula is H2O8S2. The maximum atomic E-state index is 9.93. The summed E-state index contributed by atoms with van der Waals surface area (Å²) < 4.78 is 21.4. The molecule has 0 aliphatic rings. The van der Waals surface area contributed by atoms with Crippen LogP contribution in [-0.2, 0) is 44.7 Å². The molecule has 10 heavy (non-hydrogen) atoms. The lowest BCUT2D eigenvalue weighted by molar-refractivity contribution is -0.741. The molecule has 0 aromatic heterocycles. The van der Waals surface area contributed by atoms with Gasteiger partial charge in [0.2, 0.25) is 0 Å². The van der Waals surface area contributed by atoms with Crippen molar-refractivity contribution in [1.82, 2.24) is 0 Å². The summed E-state index contributed by atoms with van der Waals surface area (Å²) in [6, 6.07) is 0. The molecule has 0 aliphatic carbocycles. The molecule has 0 aliphatic heterocycles. The van der Waals surface area contributed by atoms with Crippen LogP contribution in [0.2, 0.25) is 0 Å². The van der Waals surface area contributed by atoms with E-state index in [9.17, 15) is 4.21 Å². The lowest BCUT2D eigenvalue weighted by Gasteiger charge is -1.95. The van der Waals surface area contributed by atoms with E-state index in [1.54, 1.807) is 0 Å². The molecule has 0 saturated carbocycles. The van der Waals surface area contributed by atoms with Crippen molar-refractivity contribution >= 4 is 20.2 Å². The summed E-state index contributed by atoms with van der Waals surface area (Å²) in [7, 11) is -3.94. The molecule has 1 atom stereocenters. The largest absolute Gasteiger partial charge is 0.296 e. The van der Waals surface area contributed by atoms with E-state index in [0.717, 1.165) is 0 Å². The summed E-state index contributed by atoms with van der Waals surface area (Å²) in [5.41, 5.74) is 0. The van der Waals surface area contributed by atoms with Crippen molar-refractivity contribution in [3.05, 3.63) is 0 Å². The molecule has 0 radical (unpaired) electrons. The van der Waals surface area contributed by atoms with Crippen molar-refractivity contribution in [1.29, 1.82) is 0 Å². The van der Waals surface area contributed by atoms with Gasteiger partial charge < -0.3 is 0 Å². The van der Waals surface area contributed by atoms with Crippen LogP contribution >= 0.6 is 0 Å². The molecular weight excluding hydrogens is 192 g/mol. The van der Waals surface area contributed by atoms with Gasteiger partial charge in [0.1, 0.15) is 0 Å². The number of hydrogen-bond acceptors (Lipinski definition) is 8. The monoisotopic (exact) mass is 194 g/mol. The third kappa shape index (κ3) is 8.09. The first-order valence-corrected chi connectivity index (χ1v) is 3.90. The van der Waals surface area contributed by atoms with Crippen LogP contribution in [0.1, 0.15) is 0 Å². The molecule has 0 rings (SSSR count). The van der Waals surface area contributed by atoms with Crippen LogP contribution in [0, 0.1) is 0 Å². The topological polar surface area (TPSA) is 104 Å². The van der Waals surface area contributed by atoms with Crippen LogP contribution in [0.15, 0.2) is 0 Å². The van der Waals surface area contributed by atoms with Crippen molar-refractivity contribution in [2.75, 3.05) is 0 Å². The molecule has 0 aromatic carbocycles. The minimum atomic E-state index is -3.94. The van der Waals surface area contributed by atoms with Crippen molar-refractivity contribution in [3.8, 4) is 0 Å². The summed E-state index contributed by atoms with van der Waals surface area (Å²) in [4.78, 5) is 0. The highest BCUT2D eigenvalue weighted by atomic mass is 32.9. The van der Waals surface area contributed by atoms with Gasteiger partial charge in [0, 0.05) is 11.2 Å². The van der Waals surface area contributed by atoms with Crippen molar-refractivity contribution in [2.24, 2.45) is 0 Å². The average Bonchev–Trinajstić information content (AvgIpc) is 1.78. The van der Waals surface area contributed by atoms with Crippen molar-refractivity contribution in [2.45, 2.75) is 0 Å². The Morgan fingerprint density at radius 3 is 2.30 bits per heavy atom. The highest BCUT2D eigenvalue weighted by molar-refractivity contribution is 8.26. The maximum Gasteiger partial charge on any atom is 0.296 e. The second-order valence-electron chi connectivity index (χ2n) is 0.774. The van der Waals surface area contributed by atoms with Gasteiger partial charge in [0.05, 0.1) is 0 Å². The minimum Gasteiger partial charge on any atom is -0.283 e. The molecule has 1 unspecified atom stereocenters. The lowest BCUT2D eigenvalue weighted by Crippen LogP contribution is -2.04. The molecule has 0 saturated heterocycles. The van der Waals surface area contributed by atoms with E-state index in [1.165, 1.54) is 0 Å². The third-order valence-electron chi connectivity index (χ3n) is 0.200. The molecule has 8 nitrogen and oxygen atoms in total. The van der Waals surface area contributed by atoms with E-state index in [-0.39, 0.29) is 0 Å². The molecule has 62 valence electrons. The standard InChI is InChI=1S/H2O8S2/c1-4-5-6-7-8-10(2,3)9/h1H,(H,2,3,9). The van der Waals surface area contributed by atoms with E-state index in [1.807, 2.05) is 0 Å². The number of rotatable bonds is 5. The van der Waals surface area contributed by atoms with Crippen LogP contribution < -0.4 is 0 Å². The second kappa shape index (κ2) is 4.84. The van der Waals surface area contributed by atoms with Gasteiger partial charge in [-0.1, -0.05) is 4.33 Å². The van der Waals surface area contributed by atoms with Gasteiger partial charge in [-0.25, -0.2) is 5.26 Å². The van der Waals surface area contributed by atoms with E-state index < -0.39 is 9.05 Å². The first-order valence-electron chi connectivity index (χ1n) is 1.53. The van der Waals surface area contributed by atoms with Gasteiger partial charge >= 0.3 is 0 Å². The first kappa shape index (κ1) is 10.1. The van der Waals surface area contributed by atoms with Crippen molar-refractivity contribution in [3.63, 3.8) is 0 Å². The van der Waals surface area contributed by atoms with Crippen LogP contribution in [0.4, 0.5) is 0 Å². The predicted molar refractivity (Wildman–Crippen MR) is 26.2 cm³/mol. The SMILES string of the molecule is O=S(O)(=S)OOOOOO. The van der Waals surface area contributed by atoms with Crippen LogP contribution in [0.5, 0.6) is 0 Å². The zero-order valence-corrected chi connectivity index (χ0v) is 5.79. The maximum absolute atomic E-state index is 9.93. The Morgan fingerprint density at radius 1 is 1.30 bits per heavy atom. The Balaban J connectivity index is 3.21. The summed E-state index contributed by atoms with van der Waals surface area (Å²) in [5, 5.41) is 19.9. The molecule has 0 bridgehead atoms. The van der Waals surface area contributed by atoms with Gasteiger partial charge in [-0.05, 0) is 20.2 Å². The van der Waals surface area contributed by atoms with Gasteiger partial charge in [0.15, 0.2) is 0 Å². The summed E-state index contributed by atoms with van der Waals surface area (Å²) in [6.07, 6.45) is 0. The van der Waals surface area contributed by atoms with Gasteiger partial charge in [-0.2, -0.15) is 4.21 Å². The predicted octanol–water partition coefficient (Wildman–Crippen LogP) is -0.663. The third-order valence-corrected chi connectivity index (χ3v) is 0.594. The fraction of sp³-hybridized carbons (Fsp3) is 0. The van der Waals surface area contributed by atoms with E-state index in [4.69, 9.17) is 9.81 Å². The Morgan fingerprint density at radius 2 is 1.90 bits per heavy atom. The lowest BCUT2D eigenvalue weighted by atomic mass is 14.2. The average molecular weight is 194 g/mol. The van der Waals surface area contributed by atoms with Crippen LogP contribution in [-0.4, -0.2) is 14.0 Å². The van der Waals surface area contributed by atoms with Crippen molar-refractivity contribution < 1.29 is 38.5 Å². The van der Waals surface area contributed by atoms with Gasteiger partial charge in [-0.15, -0.1) is 0 Å². The van der Waals surface area contributed by atoms with Crippen LogP contribution in [0.3, 0.4) is 0 Å². The van der Waals surface area contributed by atoms with E-state index >= 15 is 0 Å². The number of hydrogen-bond donors (Lipinski definition) is 2. The summed E-state index contributed by atoms with van der Waals surface area (Å²) >= 11 is 3.73. The summed E-state index contributed by atoms with van der Waals surface area (Å²) in [6.45, 7) is 0. The minimum absolute atomic E-state index is 2.82. The molecule has 10 heteroatoms. The Kier molecular flexibility index (Phi) is 4.88. The summed E-state index contributed by atoms with van der Waals surface area (Å²) in [5.74, 6) is 0. The fourth-order valence-electron chi connectivity index (χ4n) is 0.0702. The van der Waals surface area contributed by atoms with Crippen LogP contribution in [0.25, 0.3) is 0 Å². The van der Waals surface area contributed by atoms with E-state index in [2.05, 4.69) is 35.7 Å². The van der Waals surface area contributed by atoms with E-state index in [0.29, 0.717) is 0 Å². The highest BCUT2D eigenvalue weighted by Gasteiger charge is 2.01. The molecule has 0 spiro atoms. The second-order valence-corrected chi connectivity index (χ2v) is 3.03. The molecule has 0 heterocycles. The highest BCUT2D eigenvalue weighted by Crippen LogP contribution is 1.89. The molecule has 0 aromatic rings. The molecule has 2 N–H and O–H groups in total. The smallest absolute Gasteiger partial charge is 0.283 e. The first-order chi connectivity index (χ1) is 4.56. The normalized spacial score (nSPS) is 16.6. The fourth-order valence-corrected chi connectivity index (χ4v) is 0.231. The molecule has 0 amide bonds. The van der Waals surface area contributed by atoms with Gasteiger partial charge in [0.25, 0.3) is 9.05 Å². The zero-order valence-electron chi connectivity index (χ0n) is 4.16. The Bertz CT molecular complexity index is 154. The van der Waals surface area contributed by atoms with Gasteiger partial charge in [-0.3, -0.25) is 4.55 Å². The Hall–Kier alpha value is 0.0900. The zero-order chi connectivity index (χ0) is 8.04.